The second kappa shape index (κ2) is 10.4. The summed E-state index contributed by atoms with van der Waals surface area (Å²) in [4.78, 5) is 15.6. The van der Waals surface area contributed by atoms with Crippen molar-refractivity contribution in [2.24, 2.45) is 5.92 Å². The summed E-state index contributed by atoms with van der Waals surface area (Å²) in [5, 5.41) is 4.33. The topological polar surface area (TPSA) is 69.7 Å². The third kappa shape index (κ3) is 6.46. The van der Waals surface area contributed by atoms with Crippen molar-refractivity contribution in [2.45, 2.75) is 32.7 Å². The van der Waals surface area contributed by atoms with E-state index >= 15 is 0 Å². The van der Waals surface area contributed by atoms with Crippen LogP contribution < -0.4 is 19.5 Å². The van der Waals surface area contributed by atoms with Crippen LogP contribution in [0.4, 0.5) is 0 Å². The van der Waals surface area contributed by atoms with Crippen LogP contribution in [0.3, 0.4) is 0 Å². The number of halogens is 1. The zero-order valence-electron chi connectivity index (χ0n) is 18.0. The molecule has 1 aliphatic carbocycles. The molecule has 1 amide bonds. The number of aromatic nitrogens is 1. The lowest BCUT2D eigenvalue weighted by atomic mass is 10.2. The predicted molar refractivity (Wildman–Crippen MR) is 129 cm³/mol. The van der Waals surface area contributed by atoms with Crippen LogP contribution in [0.15, 0.2) is 53.1 Å². The standard InChI is InChI=1S/C24H25BrN2O4S/c1-15(27-16(2)28)13-30-23-12-26-24(32-23)21-9-8-20(11-22(21)25)31-19-5-3-4-18(10-19)29-14-17-6-7-17/h3-5,8-12,15,17H,6-7,13-14H2,1-2H3,(H,27,28). The number of rotatable bonds is 10. The quantitative estimate of drug-likeness (QED) is 0.354. The molecule has 168 valence electrons. The van der Waals surface area contributed by atoms with E-state index in [1.807, 2.05) is 49.4 Å². The monoisotopic (exact) mass is 516 g/mol. The van der Waals surface area contributed by atoms with Crippen LogP contribution >= 0.6 is 27.3 Å². The molecule has 1 aliphatic rings. The average Bonchev–Trinajstić information content (AvgIpc) is 3.47. The Labute approximate surface area is 200 Å². The normalized spacial score (nSPS) is 14.0. The van der Waals surface area contributed by atoms with E-state index in [2.05, 4.69) is 26.2 Å². The molecule has 0 spiro atoms. The third-order valence-corrected chi connectivity index (χ3v) is 6.40. The molecule has 4 rings (SSSR count). The van der Waals surface area contributed by atoms with Crippen LogP contribution in [0.25, 0.3) is 10.6 Å². The van der Waals surface area contributed by atoms with Gasteiger partial charge in [-0.2, -0.15) is 0 Å². The largest absolute Gasteiger partial charge is 0.493 e. The maximum atomic E-state index is 11.1. The molecule has 0 saturated heterocycles. The van der Waals surface area contributed by atoms with Crippen LogP contribution in [0, 0.1) is 5.92 Å². The van der Waals surface area contributed by atoms with Gasteiger partial charge in [0.1, 0.15) is 28.9 Å². The summed E-state index contributed by atoms with van der Waals surface area (Å²) < 4.78 is 18.5. The minimum Gasteiger partial charge on any atom is -0.493 e. The van der Waals surface area contributed by atoms with Crippen LogP contribution in [-0.4, -0.2) is 30.1 Å². The summed E-state index contributed by atoms with van der Waals surface area (Å²) in [5.41, 5.74) is 0.952. The SMILES string of the molecule is CC(=O)NC(C)COc1cnc(-c2ccc(Oc3cccc(OCC4CC4)c3)cc2Br)s1. The number of nitrogens with one attached hydrogen (secondary N) is 1. The van der Waals surface area contributed by atoms with Crippen molar-refractivity contribution < 1.29 is 19.0 Å². The first-order chi connectivity index (χ1) is 15.5. The summed E-state index contributed by atoms with van der Waals surface area (Å²) in [6, 6.07) is 13.5. The Morgan fingerprint density at radius 2 is 1.97 bits per heavy atom. The van der Waals surface area contributed by atoms with Crippen molar-refractivity contribution in [3.63, 3.8) is 0 Å². The first-order valence-electron chi connectivity index (χ1n) is 10.5. The Balaban J connectivity index is 1.37. The predicted octanol–water partition coefficient (Wildman–Crippen LogP) is 6.06. The van der Waals surface area contributed by atoms with Crippen molar-refractivity contribution in [2.75, 3.05) is 13.2 Å². The Bertz CT molecular complexity index is 1080. The van der Waals surface area contributed by atoms with E-state index in [1.165, 1.54) is 31.1 Å². The van der Waals surface area contributed by atoms with Crippen molar-refractivity contribution in [3.05, 3.63) is 53.1 Å². The highest BCUT2D eigenvalue weighted by Crippen LogP contribution is 2.37. The van der Waals surface area contributed by atoms with Crippen molar-refractivity contribution in [1.82, 2.24) is 10.3 Å². The van der Waals surface area contributed by atoms with Gasteiger partial charge in [0.05, 0.1) is 18.8 Å². The number of thiazole rings is 1. The molecule has 1 N–H and O–H groups in total. The lowest BCUT2D eigenvalue weighted by Gasteiger charge is -2.12. The van der Waals surface area contributed by atoms with Crippen molar-refractivity contribution >= 4 is 33.2 Å². The average molecular weight is 517 g/mol. The van der Waals surface area contributed by atoms with E-state index in [-0.39, 0.29) is 11.9 Å². The number of carbonyl (C=O) groups excluding carboxylic acids is 1. The van der Waals surface area contributed by atoms with E-state index in [4.69, 9.17) is 14.2 Å². The fourth-order valence-corrected chi connectivity index (χ4v) is 4.53. The summed E-state index contributed by atoms with van der Waals surface area (Å²) in [7, 11) is 0. The van der Waals surface area contributed by atoms with Crippen LogP contribution in [0.5, 0.6) is 22.3 Å². The number of amides is 1. The molecule has 2 aromatic carbocycles. The molecule has 6 nitrogen and oxygen atoms in total. The summed E-state index contributed by atoms with van der Waals surface area (Å²) in [6.07, 6.45) is 4.23. The molecule has 0 aliphatic heterocycles. The highest BCUT2D eigenvalue weighted by Gasteiger charge is 2.22. The minimum absolute atomic E-state index is 0.0705. The van der Waals surface area contributed by atoms with Crippen molar-refractivity contribution in [1.29, 1.82) is 0 Å². The van der Waals surface area contributed by atoms with E-state index in [1.54, 1.807) is 6.20 Å². The minimum atomic E-state index is -0.0742. The Morgan fingerprint density at radius 3 is 2.72 bits per heavy atom. The van der Waals surface area contributed by atoms with Gasteiger partial charge < -0.3 is 19.5 Å². The summed E-state index contributed by atoms with van der Waals surface area (Å²) in [5.74, 6) is 2.91. The van der Waals surface area contributed by atoms with Gasteiger partial charge in [-0.3, -0.25) is 4.79 Å². The highest BCUT2D eigenvalue weighted by molar-refractivity contribution is 9.10. The number of hydrogen-bond acceptors (Lipinski definition) is 6. The molecule has 1 aromatic heterocycles. The zero-order valence-corrected chi connectivity index (χ0v) is 20.4. The molecule has 1 saturated carbocycles. The van der Waals surface area contributed by atoms with Gasteiger partial charge in [-0.1, -0.05) is 17.4 Å². The molecule has 8 heteroatoms. The zero-order chi connectivity index (χ0) is 22.5. The van der Waals surface area contributed by atoms with Gasteiger partial charge in [-0.15, -0.1) is 0 Å². The first kappa shape index (κ1) is 22.6. The Hall–Kier alpha value is -2.58. The number of benzene rings is 2. The van der Waals surface area contributed by atoms with Gasteiger partial charge >= 0.3 is 0 Å². The lowest BCUT2D eigenvalue weighted by Crippen LogP contribution is -2.35. The van der Waals surface area contributed by atoms with Gasteiger partial charge in [-0.25, -0.2) is 4.98 Å². The fourth-order valence-electron chi connectivity index (χ4n) is 3.04. The molecule has 1 atom stereocenters. The number of carbonyl (C=O) groups is 1. The fraction of sp³-hybridized carbons (Fsp3) is 0.333. The smallest absolute Gasteiger partial charge is 0.217 e. The molecule has 0 bridgehead atoms. The summed E-state index contributed by atoms with van der Waals surface area (Å²) >= 11 is 5.08. The molecule has 1 fully saturated rings. The van der Waals surface area contributed by atoms with E-state index in [0.29, 0.717) is 17.6 Å². The highest BCUT2D eigenvalue weighted by atomic mass is 79.9. The maximum Gasteiger partial charge on any atom is 0.217 e. The maximum absolute atomic E-state index is 11.1. The number of hydrogen-bond donors (Lipinski definition) is 1. The van der Waals surface area contributed by atoms with Gasteiger partial charge in [0.15, 0.2) is 5.06 Å². The molecule has 1 unspecified atom stereocenters. The molecular formula is C24H25BrN2O4S. The number of nitrogens with zero attached hydrogens (tertiary/aromatic N) is 1. The van der Waals surface area contributed by atoms with E-state index < -0.39 is 0 Å². The molecule has 32 heavy (non-hydrogen) atoms. The van der Waals surface area contributed by atoms with Gasteiger partial charge in [0.2, 0.25) is 5.91 Å². The van der Waals surface area contributed by atoms with Crippen LogP contribution in [0.1, 0.15) is 26.7 Å². The second-order valence-electron chi connectivity index (χ2n) is 7.87. The van der Waals surface area contributed by atoms with E-state index in [9.17, 15) is 4.79 Å². The first-order valence-corrected chi connectivity index (χ1v) is 12.1. The van der Waals surface area contributed by atoms with Gasteiger partial charge in [0, 0.05) is 23.0 Å². The molecule has 1 heterocycles. The number of ether oxygens (including phenoxy) is 3. The summed E-state index contributed by atoms with van der Waals surface area (Å²) in [6.45, 7) is 4.55. The van der Waals surface area contributed by atoms with Gasteiger partial charge in [-0.05, 0) is 71.9 Å². The molecular weight excluding hydrogens is 492 g/mol. The second-order valence-corrected chi connectivity index (χ2v) is 9.72. The Kier molecular flexibility index (Phi) is 7.32. The molecule has 3 aromatic rings. The lowest BCUT2D eigenvalue weighted by molar-refractivity contribution is -0.119. The third-order valence-electron chi connectivity index (χ3n) is 4.80. The van der Waals surface area contributed by atoms with Gasteiger partial charge in [0.25, 0.3) is 0 Å². The van der Waals surface area contributed by atoms with Crippen molar-refractivity contribution in [3.8, 4) is 32.9 Å². The molecule has 0 radical (unpaired) electrons. The van der Waals surface area contributed by atoms with E-state index in [0.717, 1.165) is 38.9 Å². The van der Waals surface area contributed by atoms with Crippen LogP contribution in [0.2, 0.25) is 0 Å². The van der Waals surface area contributed by atoms with Crippen LogP contribution in [-0.2, 0) is 4.79 Å². The Morgan fingerprint density at radius 1 is 1.19 bits per heavy atom.